The maximum absolute atomic E-state index is 12.7. The summed E-state index contributed by atoms with van der Waals surface area (Å²) >= 11 is 0. The molecule has 0 saturated carbocycles. The molecule has 154 valence electrons. The van der Waals surface area contributed by atoms with Gasteiger partial charge in [-0.2, -0.15) is 0 Å². The van der Waals surface area contributed by atoms with Gasteiger partial charge in [-0.05, 0) is 41.3 Å². The molecule has 4 nitrogen and oxygen atoms in total. The van der Waals surface area contributed by atoms with Gasteiger partial charge in [0, 0.05) is 23.4 Å². The SMILES string of the molecule is CC(C)c1ccc(-c2cc(=O)c3cc(NC(=O)C=Cc4ccccc4)ccc3o2)cc1. The summed E-state index contributed by atoms with van der Waals surface area (Å²) in [6, 6.07) is 24.2. The summed E-state index contributed by atoms with van der Waals surface area (Å²) in [5.41, 5.74) is 3.89. The van der Waals surface area contributed by atoms with E-state index in [1.54, 1.807) is 24.3 Å². The smallest absolute Gasteiger partial charge is 0.248 e. The zero-order valence-corrected chi connectivity index (χ0v) is 17.5. The first-order valence-electron chi connectivity index (χ1n) is 10.2. The number of nitrogens with one attached hydrogen (secondary N) is 1. The molecule has 0 aliphatic heterocycles. The van der Waals surface area contributed by atoms with Crippen molar-refractivity contribution < 1.29 is 9.21 Å². The Morgan fingerprint density at radius 1 is 0.935 bits per heavy atom. The molecule has 0 radical (unpaired) electrons. The van der Waals surface area contributed by atoms with Gasteiger partial charge in [0.15, 0.2) is 5.43 Å². The lowest BCUT2D eigenvalue weighted by molar-refractivity contribution is -0.111. The topological polar surface area (TPSA) is 59.3 Å². The van der Waals surface area contributed by atoms with Gasteiger partial charge in [-0.25, -0.2) is 0 Å². The van der Waals surface area contributed by atoms with Crippen molar-refractivity contribution in [3.8, 4) is 11.3 Å². The number of carbonyl (C=O) groups excluding carboxylic acids is 1. The number of anilines is 1. The maximum atomic E-state index is 12.7. The Balaban J connectivity index is 1.56. The summed E-state index contributed by atoms with van der Waals surface area (Å²) in [7, 11) is 0. The molecule has 0 unspecified atom stereocenters. The second kappa shape index (κ2) is 8.84. The lowest BCUT2D eigenvalue weighted by atomic mass is 10.0. The van der Waals surface area contributed by atoms with Crippen LogP contribution in [-0.2, 0) is 4.79 Å². The number of amides is 1. The van der Waals surface area contributed by atoms with Gasteiger partial charge in [0.05, 0.1) is 5.39 Å². The van der Waals surface area contributed by atoms with E-state index >= 15 is 0 Å². The summed E-state index contributed by atoms with van der Waals surface area (Å²) in [5.74, 6) is 0.693. The lowest BCUT2D eigenvalue weighted by Gasteiger charge is -2.08. The molecule has 0 bridgehead atoms. The third kappa shape index (κ3) is 4.81. The van der Waals surface area contributed by atoms with E-state index < -0.39 is 0 Å². The van der Waals surface area contributed by atoms with Gasteiger partial charge in [-0.1, -0.05) is 68.4 Å². The van der Waals surface area contributed by atoms with Crippen LogP contribution in [0.25, 0.3) is 28.4 Å². The van der Waals surface area contributed by atoms with Crippen molar-refractivity contribution in [2.45, 2.75) is 19.8 Å². The van der Waals surface area contributed by atoms with Crippen LogP contribution in [0.1, 0.15) is 30.9 Å². The molecule has 1 heterocycles. The largest absolute Gasteiger partial charge is 0.456 e. The van der Waals surface area contributed by atoms with Crippen molar-refractivity contribution in [2.75, 3.05) is 5.32 Å². The van der Waals surface area contributed by atoms with Crippen LogP contribution in [0.5, 0.6) is 0 Å². The monoisotopic (exact) mass is 409 g/mol. The molecule has 0 atom stereocenters. The minimum atomic E-state index is -0.269. The molecule has 1 N–H and O–H groups in total. The van der Waals surface area contributed by atoms with Crippen molar-refractivity contribution in [3.05, 3.63) is 106 Å². The Morgan fingerprint density at radius 3 is 2.39 bits per heavy atom. The van der Waals surface area contributed by atoms with Crippen molar-refractivity contribution in [3.63, 3.8) is 0 Å². The number of benzene rings is 3. The van der Waals surface area contributed by atoms with Gasteiger partial charge in [-0.15, -0.1) is 0 Å². The molecule has 0 aliphatic carbocycles. The highest BCUT2D eigenvalue weighted by atomic mass is 16.3. The summed E-state index contributed by atoms with van der Waals surface area (Å²) < 4.78 is 5.97. The predicted molar refractivity (Wildman–Crippen MR) is 126 cm³/mol. The van der Waals surface area contributed by atoms with Crippen LogP contribution in [-0.4, -0.2) is 5.91 Å². The number of rotatable bonds is 5. The molecular weight excluding hydrogens is 386 g/mol. The van der Waals surface area contributed by atoms with E-state index in [0.717, 1.165) is 11.1 Å². The number of fused-ring (bicyclic) bond motifs is 1. The van der Waals surface area contributed by atoms with Gasteiger partial charge in [0.1, 0.15) is 11.3 Å². The van der Waals surface area contributed by atoms with Crippen molar-refractivity contribution in [1.82, 2.24) is 0 Å². The van der Waals surface area contributed by atoms with E-state index in [2.05, 4.69) is 19.2 Å². The van der Waals surface area contributed by atoms with Crippen LogP contribution in [0.2, 0.25) is 0 Å². The summed E-state index contributed by atoms with van der Waals surface area (Å²) in [4.78, 5) is 24.9. The Kier molecular flexibility index (Phi) is 5.80. The molecule has 0 saturated heterocycles. The molecule has 4 heteroatoms. The Morgan fingerprint density at radius 2 is 1.68 bits per heavy atom. The van der Waals surface area contributed by atoms with Crippen LogP contribution in [0, 0.1) is 0 Å². The van der Waals surface area contributed by atoms with Gasteiger partial charge in [0.25, 0.3) is 0 Å². The fraction of sp³-hybridized carbons (Fsp3) is 0.111. The van der Waals surface area contributed by atoms with Crippen LogP contribution in [0.15, 0.2) is 94.2 Å². The van der Waals surface area contributed by atoms with Crippen molar-refractivity contribution in [1.29, 1.82) is 0 Å². The Labute approximate surface area is 180 Å². The van der Waals surface area contributed by atoms with E-state index in [-0.39, 0.29) is 11.3 Å². The average Bonchev–Trinajstić information content (AvgIpc) is 2.79. The molecule has 0 spiro atoms. The molecule has 3 aromatic carbocycles. The molecule has 31 heavy (non-hydrogen) atoms. The molecular formula is C27H23NO3. The van der Waals surface area contributed by atoms with Gasteiger partial charge in [-0.3, -0.25) is 9.59 Å². The third-order valence-electron chi connectivity index (χ3n) is 5.08. The first kappa shape index (κ1) is 20.4. The summed E-state index contributed by atoms with van der Waals surface area (Å²) in [5, 5.41) is 3.21. The quantitative estimate of drug-likeness (QED) is 0.397. The minimum absolute atomic E-state index is 0.153. The Hall–Kier alpha value is -3.92. The average molecular weight is 409 g/mol. The number of carbonyl (C=O) groups is 1. The van der Waals surface area contributed by atoms with Crippen LogP contribution < -0.4 is 10.7 Å². The van der Waals surface area contributed by atoms with Gasteiger partial charge in [0.2, 0.25) is 5.91 Å². The summed E-state index contributed by atoms with van der Waals surface area (Å²) in [6.07, 6.45) is 3.20. The van der Waals surface area contributed by atoms with E-state index in [1.807, 2.05) is 54.6 Å². The number of hydrogen-bond donors (Lipinski definition) is 1. The van der Waals surface area contributed by atoms with E-state index in [1.165, 1.54) is 17.7 Å². The van der Waals surface area contributed by atoms with E-state index in [4.69, 9.17) is 4.42 Å². The lowest BCUT2D eigenvalue weighted by Crippen LogP contribution is -2.08. The zero-order valence-electron chi connectivity index (χ0n) is 17.5. The highest BCUT2D eigenvalue weighted by Gasteiger charge is 2.09. The molecule has 1 amide bonds. The highest BCUT2D eigenvalue weighted by molar-refractivity contribution is 6.02. The molecule has 4 aromatic rings. The van der Waals surface area contributed by atoms with Crippen LogP contribution >= 0.6 is 0 Å². The fourth-order valence-electron chi connectivity index (χ4n) is 3.33. The normalized spacial score (nSPS) is 11.3. The van der Waals surface area contributed by atoms with Gasteiger partial charge >= 0.3 is 0 Å². The Bertz CT molecular complexity index is 1300. The van der Waals surface area contributed by atoms with Crippen molar-refractivity contribution >= 4 is 28.6 Å². The first-order chi connectivity index (χ1) is 15.0. The first-order valence-corrected chi connectivity index (χ1v) is 10.2. The van der Waals surface area contributed by atoms with Crippen LogP contribution in [0.3, 0.4) is 0 Å². The number of hydrogen-bond acceptors (Lipinski definition) is 3. The van der Waals surface area contributed by atoms with E-state index in [9.17, 15) is 9.59 Å². The fourth-order valence-corrected chi connectivity index (χ4v) is 3.33. The second-order valence-electron chi connectivity index (χ2n) is 7.70. The van der Waals surface area contributed by atoms with Crippen molar-refractivity contribution in [2.24, 2.45) is 0 Å². The summed E-state index contributed by atoms with van der Waals surface area (Å²) in [6.45, 7) is 4.28. The zero-order chi connectivity index (χ0) is 21.8. The second-order valence-corrected chi connectivity index (χ2v) is 7.70. The van der Waals surface area contributed by atoms with Gasteiger partial charge < -0.3 is 9.73 Å². The maximum Gasteiger partial charge on any atom is 0.248 e. The van der Waals surface area contributed by atoms with Crippen LogP contribution in [0.4, 0.5) is 5.69 Å². The molecule has 0 fully saturated rings. The highest BCUT2D eigenvalue weighted by Crippen LogP contribution is 2.25. The third-order valence-corrected chi connectivity index (χ3v) is 5.08. The minimum Gasteiger partial charge on any atom is -0.456 e. The molecule has 1 aromatic heterocycles. The molecule has 4 rings (SSSR count). The standard InChI is InChI=1S/C27H23NO3/c1-18(2)20-9-11-21(12-10-20)26-17-24(29)23-16-22(13-14-25(23)31-26)28-27(30)15-8-19-6-4-3-5-7-19/h3-18H,1-2H3,(H,28,30). The predicted octanol–water partition coefficient (Wildman–Crippen LogP) is 6.24. The molecule has 0 aliphatic rings. The van der Waals surface area contributed by atoms with E-state index in [0.29, 0.717) is 28.3 Å².